The fourth-order valence-corrected chi connectivity index (χ4v) is 5.73. The number of hydrogen-bond acceptors (Lipinski definition) is 5. The molecule has 0 aromatic carbocycles. The van der Waals surface area contributed by atoms with Crippen LogP contribution in [0, 0.1) is 28.8 Å². The van der Waals surface area contributed by atoms with Gasteiger partial charge in [0, 0.05) is 42.2 Å². The van der Waals surface area contributed by atoms with Crippen molar-refractivity contribution in [1.82, 2.24) is 5.32 Å². The van der Waals surface area contributed by atoms with Crippen LogP contribution in [0.2, 0.25) is 0 Å². The first-order valence-corrected chi connectivity index (χ1v) is 12.5. The van der Waals surface area contributed by atoms with Gasteiger partial charge >= 0.3 is 6.29 Å². The molecule has 2 heterocycles. The summed E-state index contributed by atoms with van der Waals surface area (Å²) in [5, 5.41) is 12.1. The molecule has 4 aliphatic rings. The minimum atomic E-state index is -3.60. The number of rotatable bonds is 9. The Morgan fingerprint density at radius 2 is 2.11 bits per heavy atom. The zero-order valence-corrected chi connectivity index (χ0v) is 20.7. The van der Waals surface area contributed by atoms with Gasteiger partial charge in [0.05, 0.1) is 11.5 Å². The van der Waals surface area contributed by atoms with Crippen LogP contribution in [0.5, 0.6) is 0 Å². The average molecular weight is 498 g/mol. The fraction of sp³-hybridized carbons (Fsp3) is 0.731. The second-order valence-electron chi connectivity index (χ2n) is 11.1. The van der Waals surface area contributed by atoms with Crippen molar-refractivity contribution in [2.75, 3.05) is 6.61 Å². The molecular formula is C26H36F3N2O4+. The number of nitrogens with zero attached hydrogens (tertiary/aromatic N) is 1. The molecule has 0 aromatic heterocycles. The van der Waals surface area contributed by atoms with Gasteiger partial charge in [-0.2, -0.15) is 0 Å². The van der Waals surface area contributed by atoms with Crippen molar-refractivity contribution in [3.05, 3.63) is 30.3 Å². The first kappa shape index (κ1) is 26.2. The number of alkyl halides is 2. The standard InChI is InChI=1S/C26H35F3N2O4/c1-5-16-12-22(24(3,4)10-11-32)31-19(16)14-18(27)15(2)30-23(33)25(8-9-25)17-6-7-20-21(13-17)35-26(28,29)34-20/h5,16-17,19,21,32H,1,6-14H2,2-4H3/p+1. The Morgan fingerprint density at radius 3 is 2.74 bits per heavy atom. The highest BCUT2D eigenvalue weighted by molar-refractivity contribution is 5.91. The Bertz CT molecular complexity index is 912. The lowest BCUT2D eigenvalue weighted by Crippen LogP contribution is -2.40. The largest absolute Gasteiger partial charge is 0.529 e. The van der Waals surface area contributed by atoms with Crippen molar-refractivity contribution in [3.8, 4) is 0 Å². The highest BCUT2D eigenvalue weighted by Crippen LogP contribution is 2.59. The highest BCUT2D eigenvalue weighted by atomic mass is 19.3. The third-order valence-electron chi connectivity index (χ3n) is 8.31. The zero-order chi connectivity index (χ0) is 25.6. The monoisotopic (exact) mass is 497 g/mol. The molecule has 35 heavy (non-hydrogen) atoms. The molecule has 0 aromatic rings. The van der Waals surface area contributed by atoms with E-state index in [9.17, 15) is 18.7 Å². The van der Waals surface area contributed by atoms with E-state index in [0.29, 0.717) is 44.9 Å². The van der Waals surface area contributed by atoms with Crippen molar-refractivity contribution in [2.24, 2.45) is 27.7 Å². The van der Waals surface area contributed by atoms with Crippen LogP contribution in [-0.2, 0) is 14.3 Å². The average Bonchev–Trinajstić information content (AvgIpc) is 3.39. The number of halogens is 3. The Hall–Kier alpha value is -1.84. The molecule has 0 bridgehead atoms. The quantitative estimate of drug-likeness (QED) is 0.339. The maximum Gasteiger partial charge on any atom is 0.529 e. The molecule has 2 aliphatic carbocycles. The maximum absolute atomic E-state index is 15.2. The summed E-state index contributed by atoms with van der Waals surface area (Å²) in [6.45, 7) is 9.52. The van der Waals surface area contributed by atoms with E-state index >= 15 is 4.39 Å². The van der Waals surface area contributed by atoms with E-state index in [1.54, 1.807) is 13.0 Å². The number of nitrogens with one attached hydrogen (secondary N) is 1. The summed E-state index contributed by atoms with van der Waals surface area (Å²) in [5.74, 6) is -0.816. The Morgan fingerprint density at radius 1 is 1.40 bits per heavy atom. The normalized spacial score (nSPS) is 32.0. The van der Waals surface area contributed by atoms with Gasteiger partial charge in [0.2, 0.25) is 12.0 Å². The van der Waals surface area contributed by atoms with Gasteiger partial charge in [-0.25, -0.2) is 9.13 Å². The molecule has 2 saturated carbocycles. The first-order chi connectivity index (χ1) is 16.4. The van der Waals surface area contributed by atoms with Gasteiger partial charge in [-0.3, -0.25) is 9.79 Å². The molecule has 0 spiro atoms. The third-order valence-corrected chi connectivity index (χ3v) is 8.31. The molecule has 9 heteroatoms. The van der Waals surface area contributed by atoms with Gasteiger partial charge < -0.3 is 10.4 Å². The number of carbonyl (C=O) groups is 1. The predicted molar refractivity (Wildman–Crippen MR) is 125 cm³/mol. The first-order valence-electron chi connectivity index (χ1n) is 12.5. The number of aliphatic imine (C=N–C) groups is 1. The summed E-state index contributed by atoms with van der Waals surface area (Å²) >= 11 is 0. The fourth-order valence-electron chi connectivity index (χ4n) is 5.73. The van der Waals surface area contributed by atoms with Gasteiger partial charge in [0.15, 0.2) is 0 Å². The van der Waals surface area contributed by atoms with Gasteiger partial charge in [-0.1, -0.05) is 24.7 Å². The van der Waals surface area contributed by atoms with Crippen LogP contribution in [0.15, 0.2) is 29.2 Å². The number of fused-ring (bicyclic) bond motifs is 1. The molecule has 194 valence electrons. The number of ether oxygens (including phenoxy) is 2. The van der Waals surface area contributed by atoms with Crippen LogP contribution in [0.3, 0.4) is 0 Å². The second kappa shape index (κ2) is 9.56. The summed E-state index contributed by atoms with van der Waals surface area (Å²) in [5.41, 5.74) is 0.162. The lowest BCUT2D eigenvalue weighted by molar-refractivity contribution is -0.345. The van der Waals surface area contributed by atoms with E-state index in [1.807, 2.05) is 13.8 Å². The SMILES string of the molecule is C=CC1CC(C(C)(C)CCO)=NC1CC(F)=C(C)NC(=O)C1(C2CC[C+]3OC(F)(F)OC3C2)CC1. The van der Waals surface area contributed by atoms with E-state index in [1.165, 1.54) is 0 Å². The number of carbonyl (C=O) groups excluding carboxylic acids is 1. The molecule has 1 amide bonds. The van der Waals surface area contributed by atoms with E-state index < -0.39 is 23.6 Å². The molecule has 0 radical (unpaired) electrons. The number of hydrogen-bond donors (Lipinski definition) is 2. The molecule has 4 atom stereocenters. The van der Waals surface area contributed by atoms with Crippen molar-refractivity contribution in [1.29, 1.82) is 0 Å². The van der Waals surface area contributed by atoms with Crippen molar-refractivity contribution in [2.45, 2.75) is 90.6 Å². The predicted octanol–water partition coefficient (Wildman–Crippen LogP) is 5.20. The number of allylic oxidation sites excluding steroid dienone is 1. The molecule has 2 aliphatic heterocycles. The Kier molecular flexibility index (Phi) is 7.16. The molecule has 4 unspecified atom stereocenters. The second-order valence-corrected chi connectivity index (χ2v) is 11.1. The molecule has 4 rings (SSSR count). The summed E-state index contributed by atoms with van der Waals surface area (Å²) in [6.07, 6.45) is 1.44. The summed E-state index contributed by atoms with van der Waals surface area (Å²) in [6, 6.07) is -0.310. The van der Waals surface area contributed by atoms with Gasteiger partial charge in [0.25, 0.3) is 6.10 Å². The molecule has 1 saturated heterocycles. The van der Waals surface area contributed by atoms with Crippen molar-refractivity contribution in [3.63, 3.8) is 0 Å². The summed E-state index contributed by atoms with van der Waals surface area (Å²) in [7, 11) is 0. The maximum atomic E-state index is 15.2. The minimum absolute atomic E-state index is 0.00793. The summed E-state index contributed by atoms with van der Waals surface area (Å²) < 4.78 is 51.4. The van der Waals surface area contributed by atoms with Crippen LogP contribution in [0.25, 0.3) is 0 Å². The van der Waals surface area contributed by atoms with Crippen molar-refractivity contribution >= 4 is 11.6 Å². The van der Waals surface area contributed by atoms with Crippen LogP contribution in [0.1, 0.15) is 72.1 Å². The van der Waals surface area contributed by atoms with Crippen LogP contribution >= 0.6 is 0 Å². The minimum Gasteiger partial charge on any atom is -0.396 e. The third kappa shape index (κ3) is 5.32. The van der Waals surface area contributed by atoms with E-state index in [4.69, 9.17) is 9.73 Å². The smallest absolute Gasteiger partial charge is 0.396 e. The van der Waals surface area contributed by atoms with Crippen LogP contribution < -0.4 is 5.32 Å². The van der Waals surface area contributed by atoms with E-state index in [-0.39, 0.29) is 54.0 Å². The Balaban J connectivity index is 1.39. The van der Waals surface area contributed by atoms with E-state index in [2.05, 4.69) is 16.6 Å². The molecular weight excluding hydrogens is 461 g/mol. The highest BCUT2D eigenvalue weighted by Gasteiger charge is 2.66. The van der Waals surface area contributed by atoms with E-state index in [0.717, 1.165) is 5.71 Å². The lowest BCUT2D eigenvalue weighted by atomic mass is 9.75. The number of aliphatic hydroxyl groups excluding tert-OH is 1. The van der Waals surface area contributed by atoms with Crippen LogP contribution in [-0.4, -0.2) is 41.8 Å². The lowest BCUT2D eigenvalue weighted by Gasteiger charge is -2.29. The molecule has 6 nitrogen and oxygen atoms in total. The molecule has 3 fully saturated rings. The van der Waals surface area contributed by atoms with Gasteiger partial charge in [0.1, 0.15) is 12.2 Å². The van der Waals surface area contributed by atoms with Gasteiger partial charge in [-0.15, -0.1) is 15.4 Å². The molecule has 2 N–H and O–H groups in total. The zero-order valence-electron chi connectivity index (χ0n) is 20.7. The topological polar surface area (TPSA) is 80.2 Å². The number of aliphatic hydroxyl groups is 1. The number of amides is 1. The Labute approximate surface area is 205 Å². The summed E-state index contributed by atoms with van der Waals surface area (Å²) in [4.78, 5) is 17.9. The van der Waals surface area contributed by atoms with Crippen molar-refractivity contribution < 1.29 is 32.5 Å². The van der Waals surface area contributed by atoms with Gasteiger partial charge in [-0.05, 0) is 44.9 Å². The van der Waals surface area contributed by atoms with Crippen LogP contribution in [0.4, 0.5) is 13.2 Å².